The molecule has 0 bridgehead atoms. The monoisotopic (exact) mass is 280 g/mol. The molecule has 0 radical (unpaired) electrons. The van der Waals surface area contributed by atoms with Crippen molar-refractivity contribution in [2.24, 2.45) is 5.92 Å². The fraction of sp³-hybridized carbons (Fsp3) is 0.867. The average molecular weight is 280 g/mol. The molecule has 0 N–H and O–H groups in total. The van der Waals surface area contributed by atoms with Gasteiger partial charge in [-0.1, -0.05) is 0 Å². The van der Waals surface area contributed by atoms with Crippen molar-refractivity contribution >= 4 is 11.9 Å². The Balaban J connectivity index is 1.50. The van der Waals surface area contributed by atoms with Crippen LogP contribution in [-0.2, 0) is 14.3 Å². The van der Waals surface area contributed by atoms with Crippen LogP contribution < -0.4 is 0 Å². The number of hydrogen-bond donors (Lipinski definition) is 0. The van der Waals surface area contributed by atoms with Gasteiger partial charge in [0.25, 0.3) is 0 Å². The number of rotatable bonds is 2. The van der Waals surface area contributed by atoms with Gasteiger partial charge in [-0.25, -0.2) is 0 Å². The molecule has 0 aromatic rings. The van der Waals surface area contributed by atoms with Crippen molar-refractivity contribution in [3.8, 4) is 0 Å². The Morgan fingerprint density at radius 2 is 1.70 bits per heavy atom. The average Bonchev–Trinajstić information content (AvgIpc) is 2.94. The minimum Gasteiger partial charge on any atom is -0.464 e. The molecule has 1 atom stereocenters. The lowest BCUT2D eigenvalue weighted by atomic mass is 9.93. The summed E-state index contributed by atoms with van der Waals surface area (Å²) in [5.41, 5.74) is 0. The maximum absolute atomic E-state index is 12.5. The number of esters is 1. The summed E-state index contributed by atoms with van der Waals surface area (Å²) in [4.78, 5) is 28.3. The van der Waals surface area contributed by atoms with E-state index in [0.717, 1.165) is 58.3 Å². The number of carbonyl (C=O) groups excluding carboxylic acids is 2. The van der Waals surface area contributed by atoms with Crippen LogP contribution in [0.3, 0.4) is 0 Å². The first-order valence-electron chi connectivity index (χ1n) is 7.95. The molecule has 0 unspecified atom stereocenters. The van der Waals surface area contributed by atoms with Crippen molar-refractivity contribution in [1.82, 2.24) is 9.80 Å². The van der Waals surface area contributed by atoms with Crippen LogP contribution in [0.4, 0.5) is 0 Å². The van der Waals surface area contributed by atoms with Crippen LogP contribution in [-0.4, -0.2) is 60.5 Å². The van der Waals surface area contributed by atoms with Crippen molar-refractivity contribution in [3.05, 3.63) is 0 Å². The summed E-state index contributed by atoms with van der Waals surface area (Å²) in [5, 5.41) is 0. The number of cyclic esters (lactones) is 1. The molecule has 0 saturated carbocycles. The van der Waals surface area contributed by atoms with Gasteiger partial charge in [0.1, 0.15) is 6.04 Å². The van der Waals surface area contributed by atoms with Crippen molar-refractivity contribution in [3.63, 3.8) is 0 Å². The Morgan fingerprint density at radius 1 is 1.00 bits per heavy atom. The summed E-state index contributed by atoms with van der Waals surface area (Å²) >= 11 is 0. The second kappa shape index (κ2) is 6.12. The first kappa shape index (κ1) is 13.9. The second-order valence-corrected chi connectivity index (χ2v) is 6.17. The van der Waals surface area contributed by atoms with E-state index >= 15 is 0 Å². The van der Waals surface area contributed by atoms with Crippen LogP contribution in [0, 0.1) is 5.92 Å². The van der Waals surface area contributed by atoms with Crippen molar-refractivity contribution in [2.75, 3.05) is 32.8 Å². The van der Waals surface area contributed by atoms with Gasteiger partial charge < -0.3 is 9.64 Å². The van der Waals surface area contributed by atoms with Crippen molar-refractivity contribution in [2.45, 2.75) is 44.6 Å². The SMILES string of the molecule is O=C1OCC[C@H]1N1CCC(C(=O)N2CCCCC2)CC1. The Kier molecular flexibility index (Phi) is 4.24. The first-order chi connectivity index (χ1) is 9.75. The highest BCUT2D eigenvalue weighted by atomic mass is 16.5. The fourth-order valence-corrected chi connectivity index (χ4v) is 3.65. The number of ether oxygens (including phenoxy) is 1. The van der Waals surface area contributed by atoms with Crippen LogP contribution in [0.2, 0.25) is 0 Å². The fourth-order valence-electron chi connectivity index (χ4n) is 3.65. The summed E-state index contributed by atoms with van der Waals surface area (Å²) in [6.07, 6.45) is 6.14. The Hall–Kier alpha value is -1.10. The number of nitrogens with zero attached hydrogens (tertiary/aromatic N) is 2. The van der Waals surface area contributed by atoms with E-state index in [1.807, 2.05) is 4.90 Å². The second-order valence-electron chi connectivity index (χ2n) is 6.17. The van der Waals surface area contributed by atoms with Gasteiger partial charge in [0, 0.05) is 25.4 Å². The van der Waals surface area contributed by atoms with E-state index in [2.05, 4.69) is 4.90 Å². The molecule has 5 heteroatoms. The standard InChI is InChI=1S/C15H24N2O3/c18-14(17-7-2-1-3-8-17)12-4-9-16(10-5-12)13-6-11-20-15(13)19/h12-13H,1-11H2/t13-/m1/s1. The number of carbonyl (C=O) groups is 2. The number of amides is 1. The highest BCUT2D eigenvalue weighted by molar-refractivity contribution is 5.79. The summed E-state index contributed by atoms with van der Waals surface area (Å²) in [7, 11) is 0. The zero-order valence-corrected chi connectivity index (χ0v) is 12.1. The van der Waals surface area contributed by atoms with Crippen LogP contribution >= 0.6 is 0 Å². The topological polar surface area (TPSA) is 49.9 Å². The molecule has 3 rings (SSSR count). The molecular weight excluding hydrogens is 256 g/mol. The lowest BCUT2D eigenvalue weighted by Crippen LogP contribution is -2.48. The summed E-state index contributed by atoms with van der Waals surface area (Å²) in [5.74, 6) is 0.436. The third-order valence-electron chi connectivity index (χ3n) is 4.89. The molecule has 0 aromatic heterocycles. The molecule has 3 aliphatic rings. The minimum absolute atomic E-state index is 0.0546. The van der Waals surface area contributed by atoms with Gasteiger partial charge >= 0.3 is 5.97 Å². The molecule has 5 nitrogen and oxygen atoms in total. The molecule has 3 fully saturated rings. The molecule has 3 heterocycles. The van der Waals surface area contributed by atoms with Crippen molar-refractivity contribution < 1.29 is 14.3 Å². The summed E-state index contributed by atoms with van der Waals surface area (Å²) in [6, 6.07) is -0.0546. The lowest BCUT2D eigenvalue weighted by Gasteiger charge is -2.36. The molecular formula is C15H24N2O3. The molecule has 0 spiro atoms. The van der Waals surface area contributed by atoms with E-state index in [9.17, 15) is 9.59 Å². The number of likely N-dealkylation sites (tertiary alicyclic amines) is 2. The summed E-state index contributed by atoms with van der Waals surface area (Å²) in [6.45, 7) is 4.13. The Morgan fingerprint density at radius 3 is 2.30 bits per heavy atom. The molecule has 0 aromatic carbocycles. The highest BCUT2D eigenvalue weighted by Gasteiger charge is 2.36. The number of piperidine rings is 2. The van der Waals surface area contributed by atoms with Crippen LogP contribution in [0.15, 0.2) is 0 Å². The van der Waals surface area contributed by atoms with Crippen molar-refractivity contribution in [1.29, 1.82) is 0 Å². The molecule has 3 saturated heterocycles. The van der Waals surface area contributed by atoms with Crippen LogP contribution in [0.5, 0.6) is 0 Å². The van der Waals surface area contributed by atoms with Gasteiger partial charge in [-0.15, -0.1) is 0 Å². The predicted octanol–water partition coefficient (Wildman–Crippen LogP) is 1.03. The Bertz CT molecular complexity index is 371. The van der Waals surface area contributed by atoms with Crippen LogP contribution in [0.25, 0.3) is 0 Å². The third kappa shape index (κ3) is 2.82. The van der Waals surface area contributed by atoms with E-state index in [4.69, 9.17) is 4.74 Å². The maximum Gasteiger partial charge on any atom is 0.323 e. The van der Waals surface area contributed by atoms with E-state index in [1.165, 1.54) is 6.42 Å². The smallest absolute Gasteiger partial charge is 0.323 e. The maximum atomic E-state index is 12.5. The van der Waals surface area contributed by atoms with E-state index in [1.54, 1.807) is 0 Å². The lowest BCUT2D eigenvalue weighted by molar-refractivity contribution is -0.143. The quantitative estimate of drug-likeness (QED) is 0.709. The molecule has 112 valence electrons. The molecule has 20 heavy (non-hydrogen) atoms. The van der Waals surface area contributed by atoms with E-state index in [0.29, 0.717) is 12.5 Å². The third-order valence-corrected chi connectivity index (χ3v) is 4.89. The predicted molar refractivity (Wildman–Crippen MR) is 74.1 cm³/mol. The van der Waals surface area contributed by atoms with E-state index < -0.39 is 0 Å². The van der Waals surface area contributed by atoms with E-state index in [-0.39, 0.29) is 17.9 Å². The zero-order chi connectivity index (χ0) is 13.9. The first-order valence-corrected chi connectivity index (χ1v) is 7.95. The highest BCUT2D eigenvalue weighted by Crippen LogP contribution is 2.25. The Labute approximate surface area is 120 Å². The van der Waals surface area contributed by atoms with Gasteiger partial charge in [-0.3, -0.25) is 14.5 Å². The van der Waals surface area contributed by atoms with Gasteiger partial charge in [0.05, 0.1) is 6.61 Å². The molecule has 3 aliphatic heterocycles. The largest absolute Gasteiger partial charge is 0.464 e. The van der Waals surface area contributed by atoms with Crippen LogP contribution in [0.1, 0.15) is 38.5 Å². The molecule has 1 amide bonds. The zero-order valence-electron chi connectivity index (χ0n) is 12.1. The normalized spacial score (nSPS) is 29.5. The summed E-state index contributed by atoms with van der Waals surface area (Å²) < 4.78 is 5.03. The van der Waals surface area contributed by atoms with Gasteiger partial charge in [-0.05, 0) is 45.2 Å². The molecule has 0 aliphatic carbocycles. The van der Waals surface area contributed by atoms with Gasteiger partial charge in [0.15, 0.2) is 0 Å². The minimum atomic E-state index is -0.0780. The van der Waals surface area contributed by atoms with Gasteiger partial charge in [-0.2, -0.15) is 0 Å². The van der Waals surface area contributed by atoms with Gasteiger partial charge in [0.2, 0.25) is 5.91 Å². The number of hydrogen-bond acceptors (Lipinski definition) is 4.